The van der Waals surface area contributed by atoms with Gasteiger partial charge in [-0.05, 0) is 25.1 Å². The van der Waals surface area contributed by atoms with Gasteiger partial charge >= 0.3 is 0 Å². The maximum Gasteiger partial charge on any atom is 0.161 e. The number of methoxy groups -OCH3 is 2. The van der Waals surface area contributed by atoms with E-state index in [0.29, 0.717) is 5.75 Å². The predicted octanol–water partition coefficient (Wildman–Crippen LogP) is 4.80. The summed E-state index contributed by atoms with van der Waals surface area (Å²) in [4.78, 5) is 4.73. The zero-order chi connectivity index (χ0) is 15.5. The first-order valence-electron chi connectivity index (χ1n) is 6.96. The lowest BCUT2D eigenvalue weighted by Gasteiger charge is -2.08. The molecule has 0 radical (unpaired) electrons. The van der Waals surface area contributed by atoms with Crippen molar-refractivity contribution in [3.05, 3.63) is 53.4 Å². The number of ether oxygens (including phenoxy) is 2. The molecule has 112 valence electrons. The normalized spacial score (nSPS) is 10.5. The van der Waals surface area contributed by atoms with Gasteiger partial charge in [0.1, 0.15) is 5.01 Å². The number of hydrogen-bond acceptors (Lipinski definition) is 4. The van der Waals surface area contributed by atoms with Gasteiger partial charge in [0, 0.05) is 16.5 Å². The van der Waals surface area contributed by atoms with Crippen molar-refractivity contribution in [2.24, 2.45) is 0 Å². The van der Waals surface area contributed by atoms with Crippen LogP contribution in [0.1, 0.15) is 5.56 Å². The van der Waals surface area contributed by atoms with Crippen molar-refractivity contribution in [2.45, 2.75) is 6.92 Å². The van der Waals surface area contributed by atoms with Crippen molar-refractivity contribution in [2.75, 3.05) is 14.2 Å². The molecule has 3 nitrogen and oxygen atoms in total. The minimum absolute atomic E-state index is 0.715. The topological polar surface area (TPSA) is 31.4 Å². The number of aryl methyl sites for hydroxylation is 1. The lowest BCUT2D eigenvalue weighted by atomic mass is 10.1. The summed E-state index contributed by atoms with van der Waals surface area (Å²) in [6.07, 6.45) is 0. The standard InChI is InChI=1S/C18H17NO2S/c1-12-4-6-13(7-5-12)15-11-22-18(19-15)14-8-9-16(20-2)17(10-14)21-3/h4-11H,1-3H3. The second-order valence-corrected chi connectivity index (χ2v) is 5.83. The van der Waals surface area contributed by atoms with Crippen molar-refractivity contribution in [3.63, 3.8) is 0 Å². The first-order chi connectivity index (χ1) is 10.7. The van der Waals surface area contributed by atoms with Gasteiger partial charge in [-0.2, -0.15) is 0 Å². The summed E-state index contributed by atoms with van der Waals surface area (Å²) in [6, 6.07) is 14.3. The quantitative estimate of drug-likeness (QED) is 0.693. The summed E-state index contributed by atoms with van der Waals surface area (Å²) in [5.74, 6) is 1.44. The molecule has 0 saturated heterocycles. The second kappa shape index (κ2) is 6.20. The highest BCUT2D eigenvalue weighted by Gasteiger charge is 2.10. The second-order valence-electron chi connectivity index (χ2n) is 4.97. The fourth-order valence-corrected chi connectivity index (χ4v) is 3.06. The molecule has 22 heavy (non-hydrogen) atoms. The largest absolute Gasteiger partial charge is 0.493 e. The Kier molecular flexibility index (Phi) is 4.11. The van der Waals surface area contributed by atoms with Crippen molar-refractivity contribution in [1.82, 2.24) is 4.98 Å². The Balaban J connectivity index is 1.95. The molecule has 0 amide bonds. The Morgan fingerprint density at radius 3 is 2.23 bits per heavy atom. The summed E-state index contributed by atoms with van der Waals surface area (Å²) < 4.78 is 10.6. The van der Waals surface area contributed by atoms with E-state index in [1.807, 2.05) is 18.2 Å². The van der Waals surface area contributed by atoms with Gasteiger partial charge in [-0.1, -0.05) is 29.8 Å². The van der Waals surface area contributed by atoms with E-state index in [1.165, 1.54) is 5.56 Å². The van der Waals surface area contributed by atoms with Crippen LogP contribution in [0.2, 0.25) is 0 Å². The number of rotatable bonds is 4. The van der Waals surface area contributed by atoms with Gasteiger partial charge < -0.3 is 9.47 Å². The molecule has 0 atom stereocenters. The van der Waals surface area contributed by atoms with Crippen LogP contribution in [-0.4, -0.2) is 19.2 Å². The molecule has 0 unspecified atom stereocenters. The molecule has 0 aliphatic heterocycles. The summed E-state index contributed by atoms with van der Waals surface area (Å²) in [5, 5.41) is 3.05. The van der Waals surface area contributed by atoms with Gasteiger partial charge in [0.25, 0.3) is 0 Å². The van der Waals surface area contributed by atoms with Gasteiger partial charge in [0.15, 0.2) is 11.5 Å². The molecule has 1 heterocycles. The Morgan fingerprint density at radius 1 is 0.864 bits per heavy atom. The highest BCUT2D eigenvalue weighted by molar-refractivity contribution is 7.13. The molecule has 0 aliphatic rings. The summed E-state index contributed by atoms with van der Waals surface area (Å²) in [7, 11) is 3.28. The fraction of sp³-hybridized carbons (Fsp3) is 0.167. The van der Waals surface area contributed by atoms with E-state index in [2.05, 4.69) is 36.6 Å². The third-order valence-corrected chi connectivity index (χ3v) is 4.37. The van der Waals surface area contributed by atoms with Crippen molar-refractivity contribution in [1.29, 1.82) is 0 Å². The monoisotopic (exact) mass is 311 g/mol. The van der Waals surface area contributed by atoms with Crippen LogP contribution in [0, 0.1) is 6.92 Å². The van der Waals surface area contributed by atoms with E-state index in [1.54, 1.807) is 25.6 Å². The highest BCUT2D eigenvalue weighted by atomic mass is 32.1. The SMILES string of the molecule is COc1ccc(-c2nc(-c3ccc(C)cc3)cs2)cc1OC. The molecule has 0 aliphatic carbocycles. The summed E-state index contributed by atoms with van der Waals surface area (Å²) >= 11 is 1.63. The molecule has 2 aromatic carbocycles. The van der Waals surface area contributed by atoms with Crippen LogP contribution < -0.4 is 9.47 Å². The number of hydrogen-bond donors (Lipinski definition) is 0. The third-order valence-electron chi connectivity index (χ3n) is 3.48. The molecular weight excluding hydrogens is 294 g/mol. The summed E-state index contributed by atoms with van der Waals surface area (Å²) in [5.41, 5.74) is 4.41. The number of aromatic nitrogens is 1. The minimum Gasteiger partial charge on any atom is -0.493 e. The molecule has 1 aromatic heterocycles. The zero-order valence-corrected chi connectivity index (χ0v) is 13.6. The molecule has 3 aromatic rings. The van der Waals surface area contributed by atoms with Gasteiger partial charge in [0.05, 0.1) is 19.9 Å². The van der Waals surface area contributed by atoms with Crippen molar-refractivity contribution >= 4 is 11.3 Å². The van der Waals surface area contributed by atoms with Crippen LogP contribution in [0.5, 0.6) is 11.5 Å². The van der Waals surface area contributed by atoms with E-state index in [4.69, 9.17) is 14.5 Å². The molecule has 0 fully saturated rings. The first kappa shape index (κ1) is 14.6. The van der Waals surface area contributed by atoms with Crippen LogP contribution in [0.4, 0.5) is 0 Å². The highest BCUT2D eigenvalue weighted by Crippen LogP contribution is 2.35. The molecule has 0 spiro atoms. The Hall–Kier alpha value is -2.33. The van der Waals surface area contributed by atoms with Gasteiger partial charge in [-0.25, -0.2) is 4.98 Å². The van der Waals surface area contributed by atoms with Gasteiger partial charge in [-0.3, -0.25) is 0 Å². The van der Waals surface area contributed by atoms with E-state index < -0.39 is 0 Å². The number of benzene rings is 2. The van der Waals surface area contributed by atoms with Crippen LogP contribution in [-0.2, 0) is 0 Å². The molecule has 0 N–H and O–H groups in total. The van der Waals surface area contributed by atoms with E-state index in [9.17, 15) is 0 Å². The average molecular weight is 311 g/mol. The van der Waals surface area contributed by atoms with E-state index >= 15 is 0 Å². The Bertz CT molecular complexity index is 778. The van der Waals surface area contributed by atoms with Gasteiger partial charge in [-0.15, -0.1) is 11.3 Å². The number of thiazole rings is 1. The van der Waals surface area contributed by atoms with Crippen molar-refractivity contribution < 1.29 is 9.47 Å². The zero-order valence-electron chi connectivity index (χ0n) is 12.8. The lowest BCUT2D eigenvalue weighted by Crippen LogP contribution is -1.90. The molecular formula is C18H17NO2S. The van der Waals surface area contributed by atoms with Crippen LogP contribution in [0.3, 0.4) is 0 Å². The lowest BCUT2D eigenvalue weighted by molar-refractivity contribution is 0.355. The maximum absolute atomic E-state index is 5.35. The van der Waals surface area contributed by atoms with E-state index in [-0.39, 0.29) is 0 Å². The predicted molar refractivity (Wildman–Crippen MR) is 90.8 cm³/mol. The Labute approximate surface area is 134 Å². The van der Waals surface area contributed by atoms with Crippen LogP contribution in [0.15, 0.2) is 47.8 Å². The van der Waals surface area contributed by atoms with Crippen molar-refractivity contribution in [3.8, 4) is 33.3 Å². The fourth-order valence-electron chi connectivity index (χ4n) is 2.23. The van der Waals surface area contributed by atoms with Crippen LogP contribution >= 0.6 is 11.3 Å². The van der Waals surface area contributed by atoms with Gasteiger partial charge in [0.2, 0.25) is 0 Å². The van der Waals surface area contributed by atoms with E-state index in [0.717, 1.165) is 27.6 Å². The average Bonchev–Trinajstić information content (AvgIpc) is 3.05. The first-order valence-corrected chi connectivity index (χ1v) is 7.84. The van der Waals surface area contributed by atoms with Crippen LogP contribution in [0.25, 0.3) is 21.8 Å². The minimum atomic E-state index is 0.715. The third kappa shape index (κ3) is 2.83. The molecule has 4 heteroatoms. The molecule has 0 saturated carbocycles. The summed E-state index contributed by atoms with van der Waals surface area (Å²) in [6.45, 7) is 2.08. The Morgan fingerprint density at radius 2 is 1.55 bits per heavy atom. The number of nitrogens with zero attached hydrogens (tertiary/aromatic N) is 1. The maximum atomic E-state index is 5.35. The molecule has 3 rings (SSSR count). The molecule has 0 bridgehead atoms. The smallest absolute Gasteiger partial charge is 0.161 e.